The second-order valence-electron chi connectivity index (χ2n) is 3.18. The van der Waals surface area contributed by atoms with E-state index in [0.29, 0.717) is 4.96 Å². The maximum Gasteiger partial charge on any atom is 0.271 e. The lowest BCUT2D eigenvalue weighted by Crippen LogP contribution is -2.36. The SMILES string of the molecule is NC(=O)CNC(=O)c1cnc2sccn2c1=O. The van der Waals surface area contributed by atoms with Crippen molar-refractivity contribution >= 4 is 28.1 Å². The molecule has 0 saturated carbocycles. The van der Waals surface area contributed by atoms with Crippen LogP contribution < -0.4 is 16.6 Å². The van der Waals surface area contributed by atoms with Gasteiger partial charge in [-0.1, -0.05) is 0 Å². The number of hydrogen-bond acceptors (Lipinski definition) is 5. The molecule has 0 aromatic carbocycles. The van der Waals surface area contributed by atoms with Crippen LogP contribution in [0.15, 0.2) is 22.6 Å². The van der Waals surface area contributed by atoms with Crippen molar-refractivity contribution in [3.8, 4) is 0 Å². The molecule has 0 fully saturated rings. The van der Waals surface area contributed by atoms with Gasteiger partial charge in [-0.2, -0.15) is 0 Å². The average Bonchev–Trinajstić information content (AvgIpc) is 2.75. The van der Waals surface area contributed by atoms with E-state index in [0.717, 1.165) is 0 Å². The van der Waals surface area contributed by atoms with E-state index in [9.17, 15) is 14.4 Å². The molecule has 2 aromatic heterocycles. The van der Waals surface area contributed by atoms with Crippen LogP contribution in [0.3, 0.4) is 0 Å². The van der Waals surface area contributed by atoms with E-state index in [4.69, 9.17) is 5.73 Å². The zero-order valence-corrected chi connectivity index (χ0v) is 9.36. The lowest BCUT2D eigenvalue weighted by molar-refractivity contribution is -0.117. The highest BCUT2D eigenvalue weighted by Crippen LogP contribution is 2.05. The van der Waals surface area contributed by atoms with Gasteiger partial charge in [0.1, 0.15) is 5.56 Å². The molecule has 3 N–H and O–H groups in total. The normalized spacial score (nSPS) is 10.4. The van der Waals surface area contributed by atoms with Gasteiger partial charge in [-0.15, -0.1) is 11.3 Å². The van der Waals surface area contributed by atoms with Crippen LogP contribution in [0.1, 0.15) is 10.4 Å². The number of nitrogens with zero attached hydrogens (tertiary/aromatic N) is 2. The van der Waals surface area contributed by atoms with Gasteiger partial charge in [-0.3, -0.25) is 18.8 Å². The fourth-order valence-electron chi connectivity index (χ4n) is 1.24. The first-order valence-electron chi connectivity index (χ1n) is 4.61. The highest BCUT2D eigenvalue weighted by Gasteiger charge is 2.13. The number of hydrogen-bond donors (Lipinski definition) is 2. The molecular weight excluding hydrogens is 244 g/mol. The Labute approximate surface area is 98.9 Å². The molecule has 2 heterocycles. The number of fused-ring (bicyclic) bond motifs is 1. The maximum absolute atomic E-state index is 11.8. The molecule has 0 aliphatic heterocycles. The van der Waals surface area contributed by atoms with Gasteiger partial charge in [0, 0.05) is 17.8 Å². The molecule has 2 amide bonds. The summed E-state index contributed by atoms with van der Waals surface area (Å²) in [5, 5.41) is 3.92. The summed E-state index contributed by atoms with van der Waals surface area (Å²) >= 11 is 1.29. The van der Waals surface area contributed by atoms with E-state index < -0.39 is 17.4 Å². The third-order valence-corrected chi connectivity index (χ3v) is 2.78. The van der Waals surface area contributed by atoms with Gasteiger partial charge < -0.3 is 11.1 Å². The number of primary amides is 1. The van der Waals surface area contributed by atoms with Crippen LogP contribution in [-0.2, 0) is 4.79 Å². The molecule has 0 aliphatic carbocycles. The van der Waals surface area contributed by atoms with E-state index in [1.54, 1.807) is 5.38 Å². The van der Waals surface area contributed by atoms with Crippen molar-refractivity contribution in [2.75, 3.05) is 6.54 Å². The Morgan fingerprint density at radius 2 is 2.29 bits per heavy atom. The summed E-state index contributed by atoms with van der Waals surface area (Å²) in [4.78, 5) is 38.4. The molecule has 0 bridgehead atoms. The van der Waals surface area contributed by atoms with E-state index in [-0.39, 0.29) is 12.1 Å². The van der Waals surface area contributed by atoms with Crippen LogP contribution in [0.2, 0.25) is 0 Å². The first-order chi connectivity index (χ1) is 8.09. The molecule has 0 unspecified atom stereocenters. The number of nitrogens with two attached hydrogens (primary N) is 1. The van der Waals surface area contributed by atoms with Gasteiger partial charge in [-0.25, -0.2) is 4.98 Å². The monoisotopic (exact) mass is 252 g/mol. The summed E-state index contributed by atoms with van der Waals surface area (Å²) in [7, 11) is 0. The third-order valence-electron chi connectivity index (χ3n) is 2.01. The first kappa shape index (κ1) is 11.3. The smallest absolute Gasteiger partial charge is 0.271 e. The van der Waals surface area contributed by atoms with Crippen LogP contribution in [-0.4, -0.2) is 27.7 Å². The van der Waals surface area contributed by atoms with E-state index in [1.165, 1.54) is 28.1 Å². The van der Waals surface area contributed by atoms with E-state index in [2.05, 4.69) is 10.3 Å². The third kappa shape index (κ3) is 2.16. The number of nitrogens with one attached hydrogen (secondary N) is 1. The van der Waals surface area contributed by atoms with Gasteiger partial charge in [0.05, 0.1) is 6.54 Å². The summed E-state index contributed by atoms with van der Waals surface area (Å²) in [6.45, 7) is -0.315. The minimum absolute atomic E-state index is 0.123. The van der Waals surface area contributed by atoms with Crippen molar-refractivity contribution in [2.24, 2.45) is 5.73 Å². The summed E-state index contributed by atoms with van der Waals surface area (Å²) in [6, 6.07) is 0. The minimum Gasteiger partial charge on any atom is -0.368 e. The van der Waals surface area contributed by atoms with Crippen LogP contribution in [0.5, 0.6) is 0 Å². The highest BCUT2D eigenvalue weighted by molar-refractivity contribution is 7.15. The maximum atomic E-state index is 11.8. The van der Waals surface area contributed by atoms with Crippen molar-refractivity contribution in [3.05, 3.63) is 33.7 Å². The van der Waals surface area contributed by atoms with Crippen LogP contribution >= 0.6 is 11.3 Å². The Morgan fingerprint density at radius 3 is 3.00 bits per heavy atom. The van der Waals surface area contributed by atoms with Crippen molar-refractivity contribution in [1.29, 1.82) is 0 Å². The van der Waals surface area contributed by atoms with Gasteiger partial charge in [-0.05, 0) is 0 Å². The van der Waals surface area contributed by atoms with Gasteiger partial charge in [0.15, 0.2) is 4.96 Å². The van der Waals surface area contributed by atoms with Gasteiger partial charge in [0.2, 0.25) is 5.91 Å². The molecule has 88 valence electrons. The standard InChI is InChI=1S/C9H8N4O3S/c10-6(14)4-11-7(15)5-3-12-9-13(8(5)16)1-2-17-9/h1-3H,4H2,(H2,10,14)(H,11,15). The lowest BCUT2D eigenvalue weighted by Gasteiger charge is -2.01. The number of carbonyl (C=O) groups excluding carboxylic acids is 2. The Kier molecular flexibility index (Phi) is 2.88. The largest absolute Gasteiger partial charge is 0.368 e. The average molecular weight is 252 g/mol. The summed E-state index contributed by atoms with van der Waals surface area (Å²) in [5.74, 6) is -1.34. The Balaban J connectivity index is 2.35. The van der Waals surface area contributed by atoms with Gasteiger partial charge in [0.25, 0.3) is 11.5 Å². The molecule has 0 spiro atoms. The topological polar surface area (TPSA) is 107 Å². The van der Waals surface area contributed by atoms with Gasteiger partial charge >= 0.3 is 0 Å². The number of amides is 2. The van der Waals surface area contributed by atoms with Crippen molar-refractivity contribution < 1.29 is 9.59 Å². The zero-order chi connectivity index (χ0) is 12.4. The van der Waals surface area contributed by atoms with Crippen molar-refractivity contribution in [1.82, 2.24) is 14.7 Å². The molecule has 0 radical (unpaired) electrons. The molecule has 0 aliphatic rings. The number of carbonyl (C=O) groups is 2. The summed E-state index contributed by atoms with van der Waals surface area (Å²) in [6.07, 6.45) is 2.71. The molecule has 0 atom stereocenters. The number of rotatable bonds is 3. The summed E-state index contributed by atoms with van der Waals surface area (Å²) in [5.41, 5.74) is 4.28. The van der Waals surface area contributed by atoms with Crippen LogP contribution in [0.4, 0.5) is 0 Å². The van der Waals surface area contributed by atoms with Crippen molar-refractivity contribution in [2.45, 2.75) is 0 Å². The Morgan fingerprint density at radius 1 is 1.53 bits per heavy atom. The Bertz CT molecular complexity index is 645. The van der Waals surface area contributed by atoms with Crippen molar-refractivity contribution in [3.63, 3.8) is 0 Å². The molecule has 8 heteroatoms. The second kappa shape index (κ2) is 4.34. The number of aromatic nitrogens is 2. The quantitative estimate of drug-likeness (QED) is 0.728. The second-order valence-corrected chi connectivity index (χ2v) is 4.05. The molecule has 2 aromatic rings. The lowest BCUT2D eigenvalue weighted by atomic mass is 10.3. The molecule has 2 rings (SSSR count). The fraction of sp³-hybridized carbons (Fsp3) is 0.111. The predicted molar refractivity (Wildman–Crippen MR) is 60.9 cm³/mol. The highest BCUT2D eigenvalue weighted by atomic mass is 32.1. The molecular formula is C9H8N4O3S. The molecule has 7 nitrogen and oxygen atoms in total. The van der Waals surface area contributed by atoms with Crippen LogP contribution in [0.25, 0.3) is 4.96 Å². The van der Waals surface area contributed by atoms with E-state index in [1.807, 2.05) is 0 Å². The summed E-state index contributed by atoms with van der Waals surface area (Å²) < 4.78 is 1.27. The number of thiazole rings is 1. The molecule has 0 saturated heterocycles. The fourth-order valence-corrected chi connectivity index (χ4v) is 1.92. The predicted octanol–water partition coefficient (Wildman–Crippen LogP) is -1.03. The minimum atomic E-state index is -0.678. The zero-order valence-electron chi connectivity index (χ0n) is 8.54. The first-order valence-corrected chi connectivity index (χ1v) is 5.49. The van der Waals surface area contributed by atoms with E-state index >= 15 is 0 Å². The van der Waals surface area contributed by atoms with Crippen LogP contribution in [0, 0.1) is 0 Å². The Hall–Kier alpha value is -2.22. The molecule has 17 heavy (non-hydrogen) atoms.